The molecule has 0 atom stereocenters. The Morgan fingerprint density at radius 3 is 2.71 bits per heavy atom. The van der Waals surface area contributed by atoms with Gasteiger partial charge in [-0.2, -0.15) is 0 Å². The average molecular weight is 398 g/mol. The molecule has 0 N–H and O–H groups in total. The van der Waals surface area contributed by atoms with Gasteiger partial charge in [-0.15, -0.1) is 10.2 Å². The zero-order valence-corrected chi connectivity index (χ0v) is 16.8. The highest BCUT2D eigenvalue weighted by Gasteiger charge is 2.24. The van der Waals surface area contributed by atoms with Gasteiger partial charge >= 0.3 is 0 Å². The highest BCUT2D eigenvalue weighted by atomic mass is 35.5. The molecule has 2 aromatic heterocycles. The van der Waals surface area contributed by atoms with Crippen LogP contribution in [0.5, 0.6) is 5.75 Å². The maximum Gasteiger partial charge on any atom is 0.164 e. The first-order valence-corrected chi connectivity index (χ1v) is 10.4. The van der Waals surface area contributed by atoms with E-state index in [1.807, 2.05) is 12.1 Å². The van der Waals surface area contributed by atoms with Crippen LogP contribution in [-0.4, -0.2) is 33.9 Å². The van der Waals surface area contributed by atoms with Crippen molar-refractivity contribution >= 4 is 17.2 Å². The molecular weight excluding hydrogens is 374 g/mol. The summed E-state index contributed by atoms with van der Waals surface area (Å²) in [5.74, 6) is 2.59. The summed E-state index contributed by atoms with van der Waals surface area (Å²) in [4.78, 5) is 0. The number of rotatable bonds is 5. The number of nitrogens with zero attached hydrogens (tertiary/aromatic N) is 3. The zero-order valence-electron chi connectivity index (χ0n) is 16.0. The lowest BCUT2D eigenvalue weighted by Gasteiger charge is -2.24. The summed E-state index contributed by atoms with van der Waals surface area (Å²) in [6.45, 7) is 3.60. The Hall–Kier alpha value is -2.11. The molecule has 0 amide bonds. The van der Waals surface area contributed by atoms with Gasteiger partial charge in [-0.25, -0.2) is 0 Å². The van der Waals surface area contributed by atoms with Crippen LogP contribution in [0.25, 0.3) is 16.8 Å². The van der Waals surface area contributed by atoms with Crippen molar-refractivity contribution in [2.24, 2.45) is 5.92 Å². The first kappa shape index (κ1) is 18.0. The predicted molar refractivity (Wildman–Crippen MR) is 109 cm³/mol. The molecule has 1 saturated heterocycles. The maximum atomic E-state index is 6.55. The molecule has 0 unspecified atom stereocenters. The highest BCUT2D eigenvalue weighted by molar-refractivity contribution is 6.32. The van der Waals surface area contributed by atoms with Crippen LogP contribution in [0.3, 0.4) is 0 Å². The molecule has 3 aromatic rings. The van der Waals surface area contributed by atoms with Gasteiger partial charge in [-0.1, -0.05) is 17.7 Å². The van der Waals surface area contributed by atoms with Crippen LogP contribution >= 0.6 is 11.6 Å². The van der Waals surface area contributed by atoms with Crippen LogP contribution in [0.1, 0.15) is 37.1 Å². The van der Waals surface area contributed by atoms with Gasteiger partial charge in [0.25, 0.3) is 0 Å². The summed E-state index contributed by atoms with van der Waals surface area (Å²) in [5, 5.41) is 9.51. The molecule has 6 heteroatoms. The third-order valence-corrected chi connectivity index (χ3v) is 6.06. The van der Waals surface area contributed by atoms with Crippen molar-refractivity contribution in [2.45, 2.75) is 45.1 Å². The van der Waals surface area contributed by atoms with E-state index in [4.69, 9.17) is 21.1 Å². The molecule has 5 nitrogen and oxygen atoms in total. The summed E-state index contributed by atoms with van der Waals surface area (Å²) in [7, 11) is 0. The van der Waals surface area contributed by atoms with Crippen molar-refractivity contribution in [3.05, 3.63) is 46.9 Å². The van der Waals surface area contributed by atoms with E-state index < -0.39 is 0 Å². The maximum absolute atomic E-state index is 6.55. The Morgan fingerprint density at radius 2 is 1.96 bits per heavy atom. The van der Waals surface area contributed by atoms with Crippen molar-refractivity contribution in [1.82, 2.24) is 14.6 Å². The smallest absolute Gasteiger partial charge is 0.164 e. The van der Waals surface area contributed by atoms with Gasteiger partial charge < -0.3 is 9.47 Å². The minimum Gasteiger partial charge on any atom is -0.489 e. The third kappa shape index (κ3) is 3.49. The van der Waals surface area contributed by atoms with Crippen molar-refractivity contribution in [1.29, 1.82) is 0 Å². The second kappa shape index (κ2) is 7.37. The van der Waals surface area contributed by atoms with E-state index in [0.717, 1.165) is 72.3 Å². The summed E-state index contributed by atoms with van der Waals surface area (Å²) >= 11 is 6.55. The van der Waals surface area contributed by atoms with Crippen LogP contribution in [-0.2, 0) is 11.2 Å². The van der Waals surface area contributed by atoms with Gasteiger partial charge in [-0.3, -0.25) is 4.40 Å². The lowest BCUT2D eigenvalue weighted by Crippen LogP contribution is -2.25. The van der Waals surface area contributed by atoms with E-state index in [9.17, 15) is 0 Å². The van der Waals surface area contributed by atoms with E-state index in [-0.39, 0.29) is 6.10 Å². The van der Waals surface area contributed by atoms with E-state index >= 15 is 0 Å². The molecule has 28 heavy (non-hydrogen) atoms. The number of fused-ring (bicyclic) bond motifs is 1. The molecule has 1 aliphatic heterocycles. The minimum absolute atomic E-state index is 0.177. The molecule has 146 valence electrons. The lowest BCUT2D eigenvalue weighted by atomic mass is 10.0. The second-order valence-electron chi connectivity index (χ2n) is 7.89. The van der Waals surface area contributed by atoms with Gasteiger partial charge in [0.05, 0.1) is 18.2 Å². The summed E-state index contributed by atoms with van der Waals surface area (Å²) < 4.78 is 13.6. The molecule has 0 bridgehead atoms. The monoisotopic (exact) mass is 397 g/mol. The van der Waals surface area contributed by atoms with Gasteiger partial charge in [-0.05, 0) is 55.0 Å². The quantitative estimate of drug-likeness (QED) is 0.616. The Morgan fingerprint density at radius 1 is 1.14 bits per heavy atom. The van der Waals surface area contributed by atoms with Crippen LogP contribution in [0, 0.1) is 12.8 Å². The second-order valence-corrected chi connectivity index (χ2v) is 8.29. The fraction of sp³-hybridized carbons (Fsp3) is 0.455. The third-order valence-electron chi connectivity index (χ3n) is 5.77. The van der Waals surface area contributed by atoms with Crippen LogP contribution in [0.2, 0.25) is 5.02 Å². The van der Waals surface area contributed by atoms with E-state index in [1.165, 1.54) is 12.8 Å². The molecule has 2 aliphatic rings. The SMILES string of the molecule is Cc1c(-c2ccc(OC3CCOCC3)c(Cl)c2)ccn2c(CC3CC3)nnc12. The number of hydrogen-bond acceptors (Lipinski definition) is 4. The summed E-state index contributed by atoms with van der Waals surface area (Å²) in [6.07, 6.45) is 7.71. The topological polar surface area (TPSA) is 48.7 Å². The number of hydrogen-bond donors (Lipinski definition) is 0. The van der Waals surface area contributed by atoms with E-state index in [2.05, 4.69) is 39.9 Å². The first-order valence-electron chi connectivity index (χ1n) is 10.1. The van der Waals surface area contributed by atoms with Crippen LogP contribution in [0.15, 0.2) is 30.5 Å². The minimum atomic E-state index is 0.177. The molecule has 0 radical (unpaired) electrons. The predicted octanol–water partition coefficient (Wildman–Crippen LogP) is 4.87. The van der Waals surface area contributed by atoms with E-state index in [0.29, 0.717) is 5.02 Å². The molecular formula is C22H24ClN3O2. The normalized spacial score (nSPS) is 17.9. The Bertz CT molecular complexity index is 1010. The van der Waals surface area contributed by atoms with Crippen molar-refractivity contribution in [3.63, 3.8) is 0 Å². The molecule has 3 heterocycles. The standard InChI is InChI=1S/C22H24ClN3O2/c1-14-18(6-9-26-21(12-15-2-3-15)24-25-22(14)26)16-4-5-20(19(23)13-16)28-17-7-10-27-11-8-17/h4-6,9,13,15,17H,2-3,7-8,10-12H2,1H3. The highest BCUT2D eigenvalue weighted by Crippen LogP contribution is 2.35. The van der Waals surface area contributed by atoms with Crippen LogP contribution < -0.4 is 4.74 Å². The van der Waals surface area contributed by atoms with Crippen molar-refractivity contribution in [3.8, 4) is 16.9 Å². The molecule has 2 fully saturated rings. The van der Waals surface area contributed by atoms with Crippen LogP contribution in [0.4, 0.5) is 0 Å². The number of aromatic nitrogens is 3. The number of aryl methyl sites for hydroxylation is 1. The van der Waals surface area contributed by atoms with Gasteiger partial charge in [0.1, 0.15) is 17.7 Å². The lowest BCUT2D eigenvalue weighted by molar-refractivity contribution is 0.0256. The number of halogens is 1. The fourth-order valence-corrected chi connectivity index (χ4v) is 4.13. The zero-order chi connectivity index (χ0) is 19.1. The van der Waals surface area contributed by atoms with Crippen molar-refractivity contribution in [2.75, 3.05) is 13.2 Å². The summed E-state index contributed by atoms with van der Waals surface area (Å²) in [5.41, 5.74) is 4.23. The van der Waals surface area contributed by atoms with Gasteiger partial charge in [0, 0.05) is 31.0 Å². The Kier molecular flexibility index (Phi) is 4.73. The summed E-state index contributed by atoms with van der Waals surface area (Å²) in [6, 6.07) is 8.16. The fourth-order valence-electron chi connectivity index (χ4n) is 3.90. The Labute approximate surface area is 169 Å². The molecule has 1 aromatic carbocycles. The number of ether oxygens (including phenoxy) is 2. The van der Waals surface area contributed by atoms with Crippen molar-refractivity contribution < 1.29 is 9.47 Å². The molecule has 5 rings (SSSR count). The largest absolute Gasteiger partial charge is 0.489 e. The van der Waals surface area contributed by atoms with Gasteiger partial charge in [0.15, 0.2) is 5.65 Å². The molecule has 1 aliphatic carbocycles. The number of pyridine rings is 1. The molecule has 0 spiro atoms. The molecule has 1 saturated carbocycles. The Balaban J connectivity index is 1.42. The number of benzene rings is 1. The van der Waals surface area contributed by atoms with Gasteiger partial charge in [0.2, 0.25) is 0 Å². The average Bonchev–Trinajstić information content (AvgIpc) is 3.43. The van der Waals surface area contributed by atoms with E-state index in [1.54, 1.807) is 0 Å². The first-order chi connectivity index (χ1) is 13.7.